The molecular weight excluding hydrogens is 276 g/mol. The molecule has 4 nitrogen and oxygen atoms in total. The van der Waals surface area contributed by atoms with E-state index in [0.29, 0.717) is 19.8 Å². The lowest BCUT2D eigenvalue weighted by atomic mass is 9.79. The average molecular weight is 305 g/mol. The van der Waals surface area contributed by atoms with Gasteiger partial charge in [0.2, 0.25) is 5.91 Å². The average Bonchev–Trinajstić information content (AvgIpc) is 2.97. The van der Waals surface area contributed by atoms with E-state index in [4.69, 9.17) is 10.5 Å². The summed E-state index contributed by atoms with van der Waals surface area (Å²) in [7, 11) is 0. The summed E-state index contributed by atoms with van der Waals surface area (Å²) in [5.74, 6) is 1.05. The Kier molecular flexibility index (Phi) is 7.85. The van der Waals surface area contributed by atoms with E-state index in [-0.39, 0.29) is 23.7 Å². The first-order chi connectivity index (χ1) is 9.27. The van der Waals surface area contributed by atoms with E-state index >= 15 is 0 Å². The zero-order chi connectivity index (χ0) is 13.6. The Labute approximate surface area is 128 Å². The number of nitrogens with two attached hydrogens (primary N) is 1. The number of amides is 1. The molecule has 0 unspecified atom stereocenters. The van der Waals surface area contributed by atoms with Crippen LogP contribution in [0.5, 0.6) is 0 Å². The van der Waals surface area contributed by atoms with Gasteiger partial charge in [0.1, 0.15) is 0 Å². The number of rotatable bonds is 6. The zero-order valence-electron chi connectivity index (χ0n) is 12.4. The molecule has 1 amide bonds. The van der Waals surface area contributed by atoms with E-state index < -0.39 is 0 Å². The van der Waals surface area contributed by atoms with Crippen LogP contribution in [0.2, 0.25) is 0 Å². The highest BCUT2D eigenvalue weighted by molar-refractivity contribution is 5.85. The molecule has 1 saturated heterocycles. The van der Waals surface area contributed by atoms with Gasteiger partial charge in [-0.25, -0.2) is 0 Å². The first-order valence-electron chi connectivity index (χ1n) is 7.83. The number of halogens is 1. The van der Waals surface area contributed by atoms with Crippen molar-refractivity contribution >= 4 is 18.3 Å². The lowest BCUT2D eigenvalue weighted by molar-refractivity contribution is -0.135. The quantitative estimate of drug-likeness (QED) is 0.740. The predicted molar refractivity (Wildman–Crippen MR) is 83.0 cm³/mol. The Morgan fingerprint density at radius 3 is 2.50 bits per heavy atom. The molecule has 2 rings (SSSR count). The normalized spacial score (nSPS) is 22.2. The standard InChI is InChI=1S/C15H28N2O2.ClH/c16-12-15(7-10-19-11-8-15)14(18)17-9-3-6-13-4-1-2-5-13;/h13H,1-12,16H2,(H,17,18);1H. The second-order valence-corrected chi connectivity index (χ2v) is 6.15. The van der Waals surface area contributed by atoms with Crippen molar-refractivity contribution in [2.24, 2.45) is 17.1 Å². The topological polar surface area (TPSA) is 64.4 Å². The summed E-state index contributed by atoms with van der Waals surface area (Å²) in [5.41, 5.74) is 5.46. The molecule has 1 aliphatic carbocycles. The van der Waals surface area contributed by atoms with E-state index in [1.165, 1.54) is 32.1 Å². The molecule has 1 heterocycles. The summed E-state index contributed by atoms with van der Waals surface area (Å²) in [5, 5.41) is 3.09. The van der Waals surface area contributed by atoms with E-state index in [1.807, 2.05) is 0 Å². The lowest BCUT2D eigenvalue weighted by Gasteiger charge is -2.34. The molecule has 2 aliphatic rings. The molecule has 20 heavy (non-hydrogen) atoms. The van der Waals surface area contributed by atoms with E-state index in [1.54, 1.807) is 0 Å². The van der Waals surface area contributed by atoms with Crippen molar-refractivity contribution in [1.29, 1.82) is 0 Å². The Hall–Kier alpha value is -0.320. The molecule has 118 valence electrons. The van der Waals surface area contributed by atoms with Crippen molar-refractivity contribution in [3.63, 3.8) is 0 Å². The number of hydrogen-bond donors (Lipinski definition) is 2. The largest absolute Gasteiger partial charge is 0.381 e. The van der Waals surface area contributed by atoms with E-state index in [9.17, 15) is 4.79 Å². The highest BCUT2D eigenvalue weighted by Gasteiger charge is 2.38. The van der Waals surface area contributed by atoms with Gasteiger partial charge in [0, 0.05) is 26.3 Å². The van der Waals surface area contributed by atoms with Gasteiger partial charge in [0.15, 0.2) is 0 Å². The molecule has 0 atom stereocenters. The molecule has 0 bridgehead atoms. The predicted octanol–water partition coefficient (Wildman–Crippen LogP) is 2.25. The number of hydrogen-bond acceptors (Lipinski definition) is 3. The highest BCUT2D eigenvalue weighted by atomic mass is 35.5. The fraction of sp³-hybridized carbons (Fsp3) is 0.933. The van der Waals surface area contributed by atoms with Crippen LogP contribution in [-0.4, -0.2) is 32.2 Å². The molecule has 5 heteroatoms. The van der Waals surface area contributed by atoms with Crippen LogP contribution in [0.3, 0.4) is 0 Å². The first kappa shape index (κ1) is 17.7. The van der Waals surface area contributed by atoms with Crippen LogP contribution in [0.15, 0.2) is 0 Å². The Morgan fingerprint density at radius 1 is 1.25 bits per heavy atom. The number of carbonyl (C=O) groups is 1. The molecule has 0 aromatic carbocycles. The maximum Gasteiger partial charge on any atom is 0.227 e. The minimum atomic E-state index is -0.369. The Morgan fingerprint density at radius 2 is 1.90 bits per heavy atom. The van der Waals surface area contributed by atoms with Gasteiger partial charge < -0.3 is 15.8 Å². The molecule has 0 aromatic heterocycles. The molecule has 1 saturated carbocycles. The number of carbonyl (C=O) groups excluding carboxylic acids is 1. The van der Waals surface area contributed by atoms with Gasteiger partial charge in [-0.15, -0.1) is 12.4 Å². The molecule has 0 radical (unpaired) electrons. The second kappa shape index (κ2) is 8.85. The summed E-state index contributed by atoms with van der Waals surface area (Å²) in [6.45, 7) is 2.56. The molecule has 0 aromatic rings. The Balaban J connectivity index is 0.00000200. The van der Waals surface area contributed by atoms with Crippen LogP contribution in [-0.2, 0) is 9.53 Å². The molecule has 0 spiro atoms. The molecule has 3 N–H and O–H groups in total. The van der Waals surface area contributed by atoms with Crippen molar-refractivity contribution in [2.45, 2.75) is 51.4 Å². The SMILES string of the molecule is Cl.NCC1(C(=O)NCCCC2CCCC2)CCOCC1. The van der Waals surface area contributed by atoms with Crippen LogP contribution in [0.4, 0.5) is 0 Å². The van der Waals surface area contributed by atoms with Crippen molar-refractivity contribution in [1.82, 2.24) is 5.32 Å². The smallest absolute Gasteiger partial charge is 0.227 e. The number of ether oxygens (including phenoxy) is 1. The third kappa shape index (κ3) is 4.61. The summed E-state index contributed by atoms with van der Waals surface area (Å²) < 4.78 is 5.33. The zero-order valence-corrected chi connectivity index (χ0v) is 13.2. The third-order valence-electron chi connectivity index (χ3n) is 4.87. The van der Waals surface area contributed by atoms with Gasteiger partial charge in [0.25, 0.3) is 0 Å². The van der Waals surface area contributed by atoms with Gasteiger partial charge in [-0.2, -0.15) is 0 Å². The summed E-state index contributed by atoms with van der Waals surface area (Å²) in [6, 6.07) is 0. The highest BCUT2D eigenvalue weighted by Crippen LogP contribution is 2.30. The van der Waals surface area contributed by atoms with Crippen molar-refractivity contribution in [3.05, 3.63) is 0 Å². The molecule has 2 fully saturated rings. The van der Waals surface area contributed by atoms with Crippen molar-refractivity contribution < 1.29 is 9.53 Å². The van der Waals surface area contributed by atoms with Gasteiger partial charge in [0.05, 0.1) is 5.41 Å². The maximum absolute atomic E-state index is 12.3. The summed E-state index contributed by atoms with van der Waals surface area (Å²) >= 11 is 0. The first-order valence-corrected chi connectivity index (χ1v) is 7.83. The van der Waals surface area contributed by atoms with Gasteiger partial charge in [-0.05, 0) is 31.6 Å². The fourth-order valence-electron chi connectivity index (χ4n) is 3.37. The monoisotopic (exact) mass is 304 g/mol. The minimum Gasteiger partial charge on any atom is -0.381 e. The van der Waals surface area contributed by atoms with Gasteiger partial charge >= 0.3 is 0 Å². The Bertz CT molecular complexity index is 288. The van der Waals surface area contributed by atoms with Crippen LogP contribution in [0, 0.1) is 11.3 Å². The van der Waals surface area contributed by atoms with Crippen LogP contribution in [0.1, 0.15) is 51.4 Å². The minimum absolute atomic E-state index is 0. The fourth-order valence-corrected chi connectivity index (χ4v) is 3.37. The van der Waals surface area contributed by atoms with Crippen molar-refractivity contribution in [3.8, 4) is 0 Å². The van der Waals surface area contributed by atoms with Gasteiger partial charge in [-0.1, -0.05) is 25.7 Å². The lowest BCUT2D eigenvalue weighted by Crippen LogP contribution is -2.49. The molecule has 1 aliphatic heterocycles. The third-order valence-corrected chi connectivity index (χ3v) is 4.87. The maximum atomic E-state index is 12.3. The van der Waals surface area contributed by atoms with E-state index in [0.717, 1.165) is 31.7 Å². The van der Waals surface area contributed by atoms with Gasteiger partial charge in [-0.3, -0.25) is 4.79 Å². The summed E-state index contributed by atoms with van der Waals surface area (Å²) in [6.07, 6.45) is 9.46. The van der Waals surface area contributed by atoms with Crippen LogP contribution >= 0.6 is 12.4 Å². The van der Waals surface area contributed by atoms with E-state index in [2.05, 4.69) is 5.32 Å². The second-order valence-electron chi connectivity index (χ2n) is 6.15. The summed E-state index contributed by atoms with van der Waals surface area (Å²) in [4.78, 5) is 12.3. The van der Waals surface area contributed by atoms with Crippen molar-refractivity contribution in [2.75, 3.05) is 26.3 Å². The number of nitrogens with one attached hydrogen (secondary N) is 1. The van der Waals surface area contributed by atoms with Crippen LogP contribution < -0.4 is 11.1 Å². The molecular formula is C15H29ClN2O2. The van der Waals surface area contributed by atoms with Crippen LogP contribution in [0.25, 0.3) is 0 Å².